The van der Waals surface area contributed by atoms with E-state index in [1.165, 1.54) is 19.3 Å². The third kappa shape index (κ3) is 4.88. The first kappa shape index (κ1) is 10.5. The highest BCUT2D eigenvalue weighted by Gasteiger charge is 2.09. The Balaban J connectivity index is 3.59. The van der Waals surface area contributed by atoms with Crippen molar-refractivity contribution in [3.63, 3.8) is 0 Å². The van der Waals surface area contributed by atoms with Gasteiger partial charge in [0.15, 0.2) is 0 Å². The van der Waals surface area contributed by atoms with E-state index in [0.29, 0.717) is 12.0 Å². The van der Waals surface area contributed by atoms with E-state index in [1.807, 2.05) is 0 Å². The van der Waals surface area contributed by atoms with Gasteiger partial charge in [0.25, 0.3) is 0 Å². The highest BCUT2D eigenvalue weighted by molar-refractivity contribution is 4.76. The van der Waals surface area contributed by atoms with Crippen LogP contribution >= 0.6 is 0 Å². The molecule has 0 bridgehead atoms. The van der Waals surface area contributed by atoms with Gasteiger partial charge in [-0.25, -0.2) is 0 Å². The van der Waals surface area contributed by atoms with Crippen molar-refractivity contribution in [1.82, 2.24) is 5.32 Å². The zero-order valence-electron chi connectivity index (χ0n) is 8.06. The van der Waals surface area contributed by atoms with Gasteiger partial charge in [0.05, 0.1) is 0 Å². The van der Waals surface area contributed by atoms with Gasteiger partial charge in [-0.05, 0) is 18.5 Å². The Kier molecular flexibility index (Phi) is 6.00. The van der Waals surface area contributed by atoms with Gasteiger partial charge in [-0.3, -0.25) is 0 Å². The Morgan fingerprint density at radius 2 is 2.09 bits per heavy atom. The van der Waals surface area contributed by atoms with Crippen molar-refractivity contribution >= 4 is 0 Å². The van der Waals surface area contributed by atoms with Gasteiger partial charge in [0, 0.05) is 6.04 Å². The molecule has 66 valence electrons. The van der Waals surface area contributed by atoms with E-state index in [4.69, 9.17) is 0 Å². The van der Waals surface area contributed by atoms with Crippen molar-refractivity contribution in [3.05, 3.63) is 12.8 Å². The minimum absolute atomic E-state index is 0.618. The van der Waals surface area contributed by atoms with Gasteiger partial charge >= 0.3 is 0 Å². The second-order valence-corrected chi connectivity index (χ2v) is 3.36. The van der Waals surface area contributed by atoms with Gasteiger partial charge in [0.2, 0.25) is 0 Å². The summed E-state index contributed by atoms with van der Waals surface area (Å²) < 4.78 is 0. The molecule has 0 amide bonds. The Labute approximate surface area is 70.9 Å². The van der Waals surface area contributed by atoms with E-state index >= 15 is 0 Å². The molecule has 0 aliphatic heterocycles. The molecule has 11 heavy (non-hydrogen) atoms. The lowest BCUT2D eigenvalue weighted by atomic mass is 9.99. The molecule has 1 atom stereocenters. The monoisotopic (exact) mass is 155 g/mol. The fraction of sp³-hybridized carbons (Fsp3) is 0.800. The lowest BCUT2D eigenvalue weighted by Crippen LogP contribution is -2.29. The van der Waals surface area contributed by atoms with Crippen LogP contribution in [0.3, 0.4) is 0 Å². The molecule has 0 saturated carbocycles. The predicted octanol–water partition coefficient (Wildman–Crippen LogP) is 2.93. The fourth-order valence-electron chi connectivity index (χ4n) is 1.18. The molecule has 1 heteroatoms. The van der Waals surface area contributed by atoms with Crippen molar-refractivity contribution in [3.8, 4) is 0 Å². The second-order valence-electron chi connectivity index (χ2n) is 3.36. The average Bonchev–Trinajstić information content (AvgIpc) is 1.97. The SMILES string of the molecule is C=CNC(CCCC)C(C)C. The number of nitrogens with one attached hydrogen (secondary N) is 1. The van der Waals surface area contributed by atoms with Gasteiger partial charge in [0.1, 0.15) is 0 Å². The van der Waals surface area contributed by atoms with Crippen LogP contribution in [-0.2, 0) is 0 Å². The molecule has 1 N–H and O–H groups in total. The summed E-state index contributed by atoms with van der Waals surface area (Å²) in [6.07, 6.45) is 5.66. The quantitative estimate of drug-likeness (QED) is 0.622. The molecule has 0 aliphatic carbocycles. The third-order valence-electron chi connectivity index (χ3n) is 2.01. The van der Waals surface area contributed by atoms with E-state index in [-0.39, 0.29) is 0 Å². The molecular formula is C10H21N. The highest BCUT2D eigenvalue weighted by Crippen LogP contribution is 2.09. The van der Waals surface area contributed by atoms with Crippen molar-refractivity contribution < 1.29 is 0 Å². The molecule has 0 spiro atoms. The van der Waals surface area contributed by atoms with Crippen molar-refractivity contribution in [2.24, 2.45) is 5.92 Å². The first-order valence-corrected chi connectivity index (χ1v) is 4.59. The summed E-state index contributed by atoms with van der Waals surface area (Å²) >= 11 is 0. The lowest BCUT2D eigenvalue weighted by Gasteiger charge is -2.20. The molecule has 0 heterocycles. The van der Waals surface area contributed by atoms with Crippen LogP contribution in [0.1, 0.15) is 40.0 Å². The minimum Gasteiger partial charge on any atom is -0.388 e. The van der Waals surface area contributed by atoms with Crippen molar-refractivity contribution in [2.45, 2.75) is 46.1 Å². The number of hydrogen-bond acceptors (Lipinski definition) is 1. The van der Waals surface area contributed by atoms with Gasteiger partial charge < -0.3 is 5.32 Å². The topological polar surface area (TPSA) is 12.0 Å². The molecule has 1 nitrogen and oxygen atoms in total. The first-order valence-electron chi connectivity index (χ1n) is 4.59. The summed E-state index contributed by atoms with van der Waals surface area (Å²) in [6.45, 7) is 10.4. The molecule has 0 rings (SSSR count). The number of hydrogen-bond donors (Lipinski definition) is 1. The summed E-state index contributed by atoms with van der Waals surface area (Å²) in [6, 6.07) is 0.618. The maximum atomic E-state index is 3.68. The van der Waals surface area contributed by atoms with Crippen molar-refractivity contribution in [2.75, 3.05) is 0 Å². The minimum atomic E-state index is 0.618. The fourth-order valence-corrected chi connectivity index (χ4v) is 1.18. The van der Waals surface area contributed by atoms with Gasteiger partial charge in [-0.2, -0.15) is 0 Å². The van der Waals surface area contributed by atoms with Crippen LogP contribution in [0.15, 0.2) is 12.8 Å². The normalized spacial score (nSPS) is 13.1. The van der Waals surface area contributed by atoms with Crippen LogP contribution < -0.4 is 5.32 Å². The molecule has 0 aromatic heterocycles. The molecule has 0 fully saturated rings. The standard InChI is InChI=1S/C10H21N/c1-5-7-8-10(9(3)4)11-6-2/h6,9-11H,2,5,7-8H2,1,3-4H3. The maximum absolute atomic E-state index is 3.68. The maximum Gasteiger partial charge on any atom is 0.0278 e. The Bertz CT molecular complexity index is 97.0. The summed E-state index contributed by atoms with van der Waals surface area (Å²) in [4.78, 5) is 0. The highest BCUT2D eigenvalue weighted by atomic mass is 14.9. The van der Waals surface area contributed by atoms with Crippen LogP contribution in [0, 0.1) is 5.92 Å². The summed E-state index contributed by atoms with van der Waals surface area (Å²) in [5.41, 5.74) is 0. The third-order valence-corrected chi connectivity index (χ3v) is 2.01. The van der Waals surface area contributed by atoms with Crippen LogP contribution in [0.5, 0.6) is 0 Å². The van der Waals surface area contributed by atoms with Crippen LogP contribution in [-0.4, -0.2) is 6.04 Å². The molecule has 0 radical (unpaired) electrons. The zero-order valence-corrected chi connectivity index (χ0v) is 8.06. The smallest absolute Gasteiger partial charge is 0.0278 e. The number of unbranched alkanes of at least 4 members (excludes halogenated alkanes) is 1. The van der Waals surface area contributed by atoms with Gasteiger partial charge in [-0.1, -0.05) is 40.2 Å². The van der Waals surface area contributed by atoms with Crippen LogP contribution in [0.25, 0.3) is 0 Å². The molecule has 1 unspecified atom stereocenters. The Morgan fingerprint density at radius 3 is 2.45 bits per heavy atom. The van der Waals surface area contributed by atoms with Crippen molar-refractivity contribution in [1.29, 1.82) is 0 Å². The predicted molar refractivity (Wildman–Crippen MR) is 51.5 cm³/mol. The molecular weight excluding hydrogens is 134 g/mol. The Morgan fingerprint density at radius 1 is 1.45 bits per heavy atom. The second kappa shape index (κ2) is 6.26. The van der Waals surface area contributed by atoms with Crippen LogP contribution in [0.4, 0.5) is 0 Å². The van der Waals surface area contributed by atoms with Crippen LogP contribution in [0.2, 0.25) is 0 Å². The average molecular weight is 155 g/mol. The summed E-state index contributed by atoms with van der Waals surface area (Å²) in [5.74, 6) is 0.708. The van der Waals surface area contributed by atoms with E-state index in [2.05, 4.69) is 32.7 Å². The zero-order chi connectivity index (χ0) is 8.69. The van der Waals surface area contributed by atoms with Gasteiger partial charge in [-0.15, -0.1) is 0 Å². The Hall–Kier alpha value is -0.460. The molecule has 0 aromatic carbocycles. The number of rotatable bonds is 6. The largest absolute Gasteiger partial charge is 0.388 e. The van der Waals surface area contributed by atoms with E-state index in [9.17, 15) is 0 Å². The molecule has 0 saturated heterocycles. The lowest BCUT2D eigenvalue weighted by molar-refractivity contribution is 0.404. The van der Waals surface area contributed by atoms with E-state index in [0.717, 1.165) is 0 Å². The molecule has 0 aliphatic rings. The summed E-state index contributed by atoms with van der Waals surface area (Å²) in [5, 5.41) is 3.28. The van der Waals surface area contributed by atoms with E-state index in [1.54, 1.807) is 6.20 Å². The van der Waals surface area contributed by atoms with E-state index < -0.39 is 0 Å². The molecule has 0 aromatic rings. The summed E-state index contributed by atoms with van der Waals surface area (Å²) in [7, 11) is 0. The first-order chi connectivity index (χ1) is 5.22.